The monoisotopic (exact) mass is 670 g/mol. The number of benzene rings is 2. The molecule has 0 amide bonds. The molecule has 0 aliphatic carbocycles. The van der Waals surface area contributed by atoms with Crippen LogP contribution in [0.3, 0.4) is 0 Å². The minimum absolute atomic E-state index is 0.0197. The van der Waals surface area contributed by atoms with E-state index in [1.54, 1.807) is 0 Å². The number of rotatable bonds is 14. The van der Waals surface area contributed by atoms with E-state index in [0.717, 1.165) is 63.9 Å². The molecule has 0 radical (unpaired) electrons. The average Bonchev–Trinajstić information content (AvgIpc) is 3.00. The fourth-order valence-electron chi connectivity index (χ4n) is 6.71. The Morgan fingerprint density at radius 1 is 0.500 bits per heavy atom. The summed E-state index contributed by atoms with van der Waals surface area (Å²) in [5.74, 6) is 2.21. The highest BCUT2D eigenvalue weighted by Crippen LogP contribution is 2.57. The van der Waals surface area contributed by atoms with Crippen LogP contribution in [0, 0.1) is 0 Å². The van der Waals surface area contributed by atoms with Crippen molar-refractivity contribution in [1.29, 1.82) is 0 Å². The standard InChI is InChI=1S/C39H68N4OP2/c1-17-40(18-2)45(41(19-3)20-4)33-27-29(37(9,10)11)25-31-35(33)44-36-32(39(31,15)16)26-30(38(12,13)14)28-34(36)46(42(21-5)22-6)43(23-7)24-8/h25-28H,17-24H2,1-16H3. The molecule has 260 valence electrons. The highest BCUT2D eigenvalue weighted by molar-refractivity contribution is 7.61. The summed E-state index contributed by atoms with van der Waals surface area (Å²) in [7, 11) is -1.51. The van der Waals surface area contributed by atoms with E-state index in [1.807, 2.05) is 0 Å². The van der Waals surface area contributed by atoms with Crippen molar-refractivity contribution in [2.75, 3.05) is 52.4 Å². The third kappa shape index (κ3) is 7.72. The lowest BCUT2D eigenvalue weighted by molar-refractivity contribution is 0.409. The van der Waals surface area contributed by atoms with Crippen LogP contribution in [0.5, 0.6) is 11.5 Å². The molecule has 1 aliphatic heterocycles. The van der Waals surface area contributed by atoms with Crippen molar-refractivity contribution >= 4 is 27.1 Å². The number of hydrogen-bond acceptors (Lipinski definition) is 5. The van der Waals surface area contributed by atoms with Crippen molar-refractivity contribution < 1.29 is 4.74 Å². The Morgan fingerprint density at radius 3 is 0.978 bits per heavy atom. The molecule has 3 rings (SSSR count). The first kappa shape index (κ1) is 39.4. The van der Waals surface area contributed by atoms with Gasteiger partial charge in [0.05, 0.1) is 16.4 Å². The van der Waals surface area contributed by atoms with Gasteiger partial charge in [0.15, 0.2) is 0 Å². The molecule has 7 heteroatoms. The number of hydrogen-bond donors (Lipinski definition) is 0. The third-order valence-electron chi connectivity index (χ3n) is 9.84. The first-order chi connectivity index (χ1) is 21.5. The molecule has 46 heavy (non-hydrogen) atoms. The maximum atomic E-state index is 7.56. The summed E-state index contributed by atoms with van der Waals surface area (Å²) in [6.07, 6.45) is 0. The van der Waals surface area contributed by atoms with E-state index in [-0.39, 0.29) is 16.2 Å². The predicted molar refractivity (Wildman–Crippen MR) is 207 cm³/mol. The van der Waals surface area contributed by atoms with Crippen LogP contribution in [0.15, 0.2) is 24.3 Å². The van der Waals surface area contributed by atoms with Crippen molar-refractivity contribution in [2.45, 2.75) is 127 Å². The van der Waals surface area contributed by atoms with Gasteiger partial charge < -0.3 is 4.74 Å². The van der Waals surface area contributed by atoms with Crippen molar-refractivity contribution in [3.05, 3.63) is 46.5 Å². The molecule has 0 saturated carbocycles. The van der Waals surface area contributed by atoms with Crippen molar-refractivity contribution in [1.82, 2.24) is 18.7 Å². The van der Waals surface area contributed by atoms with Gasteiger partial charge in [0.1, 0.15) is 11.5 Å². The summed E-state index contributed by atoms with van der Waals surface area (Å²) >= 11 is 0. The maximum absolute atomic E-state index is 7.56. The van der Waals surface area contributed by atoms with E-state index in [0.29, 0.717) is 0 Å². The fourth-order valence-corrected chi connectivity index (χ4v) is 12.0. The normalized spacial score (nSPS) is 15.0. The Morgan fingerprint density at radius 2 is 0.761 bits per heavy atom. The van der Waals surface area contributed by atoms with Crippen molar-refractivity contribution in [3.63, 3.8) is 0 Å². The van der Waals surface area contributed by atoms with Crippen LogP contribution in [0.25, 0.3) is 0 Å². The Balaban J connectivity index is 2.56. The molecule has 0 unspecified atom stereocenters. The Bertz CT molecular complexity index is 1180. The summed E-state index contributed by atoms with van der Waals surface area (Å²) in [5, 5.41) is 2.76. The minimum Gasteiger partial charge on any atom is -0.455 e. The molecule has 0 spiro atoms. The van der Waals surface area contributed by atoms with E-state index in [4.69, 9.17) is 4.74 Å². The van der Waals surface area contributed by atoms with E-state index in [9.17, 15) is 0 Å². The van der Waals surface area contributed by atoms with Gasteiger partial charge in [-0.05, 0) is 34.1 Å². The van der Waals surface area contributed by atoms with E-state index in [1.165, 1.54) is 32.9 Å². The van der Waals surface area contributed by atoms with Crippen LogP contribution in [0.2, 0.25) is 0 Å². The molecule has 0 fully saturated rings. The van der Waals surface area contributed by atoms with Gasteiger partial charge in [-0.15, -0.1) is 0 Å². The fraction of sp³-hybridized carbons (Fsp3) is 0.692. The predicted octanol–water partition coefficient (Wildman–Crippen LogP) is 9.95. The molecule has 0 N–H and O–H groups in total. The van der Waals surface area contributed by atoms with Crippen LogP contribution in [-0.4, -0.2) is 71.0 Å². The summed E-state index contributed by atoms with van der Waals surface area (Å²) < 4.78 is 18.3. The first-order valence-electron chi connectivity index (χ1n) is 18.2. The highest BCUT2D eigenvalue weighted by Gasteiger charge is 2.43. The van der Waals surface area contributed by atoms with Gasteiger partial charge in [-0.3, -0.25) is 18.7 Å². The van der Waals surface area contributed by atoms with E-state index < -0.39 is 16.4 Å². The molecule has 1 heterocycles. The van der Waals surface area contributed by atoms with Crippen LogP contribution in [-0.2, 0) is 16.2 Å². The van der Waals surface area contributed by atoms with Gasteiger partial charge in [0.25, 0.3) is 0 Å². The zero-order valence-corrected chi connectivity index (χ0v) is 34.3. The Labute approximate surface area is 287 Å². The second kappa shape index (κ2) is 15.7. The Kier molecular flexibility index (Phi) is 13.4. The lowest BCUT2D eigenvalue weighted by Gasteiger charge is -2.45. The lowest BCUT2D eigenvalue weighted by atomic mass is 9.72. The zero-order valence-electron chi connectivity index (χ0n) is 32.6. The quantitative estimate of drug-likeness (QED) is 0.186. The van der Waals surface area contributed by atoms with Gasteiger partial charge in [-0.25, -0.2) is 0 Å². The zero-order chi connectivity index (χ0) is 34.8. The topological polar surface area (TPSA) is 22.2 Å². The lowest BCUT2D eigenvalue weighted by Crippen LogP contribution is -2.39. The summed E-state index contributed by atoms with van der Waals surface area (Å²) in [5.41, 5.74) is 5.28. The number of ether oxygens (including phenoxy) is 1. The molecular formula is C39H68N4OP2. The summed E-state index contributed by atoms with van der Waals surface area (Å²) in [6.45, 7) is 45.7. The van der Waals surface area contributed by atoms with Gasteiger partial charge in [0.2, 0.25) is 0 Å². The van der Waals surface area contributed by atoms with E-state index >= 15 is 0 Å². The smallest absolute Gasteiger partial charge is 0.141 e. The molecule has 0 bridgehead atoms. The number of nitrogens with zero attached hydrogens (tertiary/aromatic N) is 4. The summed E-state index contributed by atoms with van der Waals surface area (Å²) in [4.78, 5) is 0. The van der Waals surface area contributed by atoms with Crippen molar-refractivity contribution in [3.8, 4) is 11.5 Å². The van der Waals surface area contributed by atoms with Crippen LogP contribution in [0.1, 0.15) is 133 Å². The summed E-state index contributed by atoms with van der Waals surface area (Å²) in [6, 6.07) is 10.0. The second-order valence-electron chi connectivity index (χ2n) is 15.1. The van der Waals surface area contributed by atoms with Gasteiger partial charge >= 0.3 is 0 Å². The maximum Gasteiger partial charge on any atom is 0.141 e. The van der Waals surface area contributed by atoms with Crippen LogP contribution in [0.4, 0.5) is 0 Å². The largest absolute Gasteiger partial charge is 0.455 e. The van der Waals surface area contributed by atoms with E-state index in [2.05, 4.69) is 154 Å². The molecule has 0 saturated heterocycles. The number of fused-ring (bicyclic) bond motifs is 2. The molecule has 2 aromatic rings. The van der Waals surface area contributed by atoms with Crippen molar-refractivity contribution in [2.24, 2.45) is 0 Å². The molecule has 2 aromatic carbocycles. The molecule has 1 aliphatic rings. The SMILES string of the molecule is CCN(CC)P(c1cc(C(C)(C)C)cc2c1Oc1c(P(N(CC)CC)N(CC)CC)cc(C(C)(C)C)cc1C2(C)C)N(CC)CC. The third-order valence-corrected chi connectivity index (χ3v) is 15.8. The minimum atomic E-state index is -0.753. The van der Waals surface area contributed by atoms with Crippen LogP contribution >= 0.6 is 16.4 Å². The van der Waals surface area contributed by atoms with Gasteiger partial charge in [-0.2, -0.15) is 0 Å². The van der Waals surface area contributed by atoms with Gasteiger partial charge in [-0.1, -0.05) is 123 Å². The average molecular weight is 671 g/mol. The van der Waals surface area contributed by atoms with Crippen LogP contribution < -0.4 is 15.3 Å². The molecule has 0 atom stereocenters. The first-order valence-corrected chi connectivity index (χ1v) is 20.6. The molecule has 0 aromatic heterocycles. The van der Waals surface area contributed by atoms with Gasteiger partial charge in [0, 0.05) is 79.5 Å². The molecule has 5 nitrogen and oxygen atoms in total. The highest BCUT2D eigenvalue weighted by atomic mass is 31.1. The molecular weight excluding hydrogens is 602 g/mol. The Hall–Kier alpha value is -1.06. The second-order valence-corrected chi connectivity index (χ2v) is 19.5.